The van der Waals surface area contributed by atoms with Crippen LogP contribution in [0.15, 0.2) is 24.3 Å². The Morgan fingerprint density at radius 1 is 1.28 bits per heavy atom. The van der Waals surface area contributed by atoms with E-state index in [1.807, 2.05) is 6.07 Å². The highest BCUT2D eigenvalue weighted by Gasteiger charge is 2.13. The first-order valence-corrected chi connectivity index (χ1v) is 5.71. The summed E-state index contributed by atoms with van der Waals surface area (Å²) in [4.78, 5) is 23.0. The van der Waals surface area contributed by atoms with Gasteiger partial charge in [-0.25, -0.2) is 0 Å². The largest absolute Gasteiger partial charge is 0.466 e. The average molecular weight is 247 g/mol. The van der Waals surface area contributed by atoms with E-state index in [1.165, 1.54) is 4.68 Å². The van der Waals surface area contributed by atoms with Crippen LogP contribution in [0.2, 0.25) is 0 Å². The van der Waals surface area contributed by atoms with E-state index >= 15 is 0 Å². The van der Waals surface area contributed by atoms with Gasteiger partial charge in [-0.1, -0.05) is 17.3 Å². The third-order valence-electron chi connectivity index (χ3n) is 2.44. The lowest BCUT2D eigenvalue weighted by molar-refractivity contribution is -0.143. The number of nitrogens with zero attached hydrogens (tertiary/aromatic N) is 3. The van der Waals surface area contributed by atoms with Crippen LogP contribution in [0.4, 0.5) is 0 Å². The molecule has 6 heteroatoms. The minimum absolute atomic E-state index is 0.0564. The Labute approximate surface area is 104 Å². The first-order chi connectivity index (χ1) is 8.72. The van der Waals surface area contributed by atoms with Crippen LogP contribution in [0.3, 0.4) is 0 Å². The maximum atomic E-state index is 11.9. The molecule has 0 saturated heterocycles. The Morgan fingerprint density at radius 2 is 2.06 bits per heavy atom. The lowest BCUT2D eigenvalue weighted by atomic mass is 10.3. The standard InChI is InChI=1S/C12H13N3O3/c1-2-18-12(17)8-7-11(16)15-10-6-4-3-5-9(10)13-14-15/h3-6H,2,7-8H2,1H3. The molecule has 1 heterocycles. The van der Waals surface area contributed by atoms with Crippen molar-refractivity contribution in [3.05, 3.63) is 24.3 Å². The van der Waals surface area contributed by atoms with Crippen molar-refractivity contribution in [1.82, 2.24) is 15.0 Å². The summed E-state index contributed by atoms with van der Waals surface area (Å²) in [5, 5.41) is 7.66. The average Bonchev–Trinajstić information content (AvgIpc) is 2.80. The van der Waals surface area contributed by atoms with Gasteiger partial charge in [0, 0.05) is 6.42 Å². The highest BCUT2D eigenvalue weighted by atomic mass is 16.5. The summed E-state index contributed by atoms with van der Waals surface area (Å²) in [6.45, 7) is 2.05. The van der Waals surface area contributed by atoms with Gasteiger partial charge >= 0.3 is 5.97 Å². The summed E-state index contributed by atoms with van der Waals surface area (Å²) in [5.74, 6) is -0.646. The summed E-state index contributed by atoms with van der Waals surface area (Å²) in [5.41, 5.74) is 1.30. The molecule has 1 aromatic heterocycles. The van der Waals surface area contributed by atoms with Crippen LogP contribution in [0.5, 0.6) is 0 Å². The number of carbonyl (C=O) groups excluding carboxylic acids is 2. The second-order valence-electron chi connectivity index (χ2n) is 3.69. The zero-order chi connectivity index (χ0) is 13.0. The number of esters is 1. The first kappa shape index (κ1) is 12.2. The van der Waals surface area contributed by atoms with Crippen molar-refractivity contribution in [2.45, 2.75) is 19.8 Å². The predicted octanol–water partition coefficient (Wildman–Crippen LogP) is 1.41. The predicted molar refractivity (Wildman–Crippen MR) is 64.0 cm³/mol. The zero-order valence-electron chi connectivity index (χ0n) is 10.00. The van der Waals surface area contributed by atoms with Crippen molar-refractivity contribution >= 4 is 22.9 Å². The van der Waals surface area contributed by atoms with Crippen molar-refractivity contribution in [3.8, 4) is 0 Å². The van der Waals surface area contributed by atoms with Gasteiger partial charge in [0.2, 0.25) is 5.91 Å². The third kappa shape index (κ3) is 2.53. The van der Waals surface area contributed by atoms with Crippen LogP contribution < -0.4 is 0 Å². The quantitative estimate of drug-likeness (QED) is 0.764. The van der Waals surface area contributed by atoms with Crippen molar-refractivity contribution in [2.75, 3.05) is 6.61 Å². The van der Waals surface area contributed by atoms with Gasteiger partial charge in [0.15, 0.2) is 0 Å². The van der Waals surface area contributed by atoms with Crippen LogP contribution in [0.1, 0.15) is 24.6 Å². The second-order valence-corrected chi connectivity index (χ2v) is 3.69. The summed E-state index contributed by atoms with van der Waals surface area (Å²) in [6.07, 6.45) is 0.118. The number of aromatic nitrogens is 3. The van der Waals surface area contributed by atoms with Crippen molar-refractivity contribution in [2.24, 2.45) is 0 Å². The van der Waals surface area contributed by atoms with E-state index in [-0.39, 0.29) is 24.7 Å². The molecule has 2 rings (SSSR count). The third-order valence-corrected chi connectivity index (χ3v) is 2.44. The topological polar surface area (TPSA) is 74.1 Å². The van der Waals surface area contributed by atoms with Gasteiger partial charge in [0.05, 0.1) is 18.5 Å². The minimum Gasteiger partial charge on any atom is -0.466 e. The monoisotopic (exact) mass is 247 g/mol. The molecule has 0 radical (unpaired) electrons. The fraction of sp³-hybridized carbons (Fsp3) is 0.333. The van der Waals surface area contributed by atoms with E-state index in [2.05, 4.69) is 10.3 Å². The molecule has 0 bridgehead atoms. The molecule has 0 fully saturated rings. The van der Waals surface area contributed by atoms with Crippen LogP contribution in [-0.2, 0) is 9.53 Å². The minimum atomic E-state index is -0.379. The van der Waals surface area contributed by atoms with Crippen molar-refractivity contribution in [1.29, 1.82) is 0 Å². The van der Waals surface area contributed by atoms with Gasteiger partial charge in [0.1, 0.15) is 5.52 Å². The maximum Gasteiger partial charge on any atom is 0.306 e. The lowest BCUT2D eigenvalue weighted by Gasteiger charge is -2.01. The number of carbonyl (C=O) groups is 2. The molecule has 6 nitrogen and oxygen atoms in total. The second kappa shape index (κ2) is 5.39. The molecule has 0 aliphatic heterocycles. The highest BCUT2D eigenvalue weighted by molar-refractivity contribution is 5.90. The number of rotatable bonds is 4. The Hall–Kier alpha value is -2.24. The molecule has 0 aliphatic rings. The van der Waals surface area contributed by atoms with Crippen LogP contribution in [0, 0.1) is 0 Å². The van der Waals surface area contributed by atoms with E-state index in [0.29, 0.717) is 17.6 Å². The number of benzene rings is 1. The summed E-state index contributed by atoms with van der Waals surface area (Å²) in [7, 11) is 0. The fourth-order valence-electron chi connectivity index (χ4n) is 1.60. The van der Waals surface area contributed by atoms with E-state index in [9.17, 15) is 9.59 Å². The molecule has 94 valence electrons. The van der Waals surface area contributed by atoms with E-state index < -0.39 is 0 Å². The van der Waals surface area contributed by atoms with Crippen LogP contribution >= 0.6 is 0 Å². The van der Waals surface area contributed by atoms with Gasteiger partial charge in [-0.2, -0.15) is 4.68 Å². The lowest BCUT2D eigenvalue weighted by Crippen LogP contribution is -2.15. The van der Waals surface area contributed by atoms with Crippen LogP contribution in [-0.4, -0.2) is 33.5 Å². The molecule has 2 aromatic rings. The summed E-state index contributed by atoms with van der Waals surface area (Å²) >= 11 is 0. The molecule has 0 aliphatic carbocycles. The van der Waals surface area contributed by atoms with Gasteiger partial charge in [-0.15, -0.1) is 5.10 Å². The van der Waals surface area contributed by atoms with Crippen molar-refractivity contribution in [3.63, 3.8) is 0 Å². The van der Waals surface area contributed by atoms with Crippen molar-refractivity contribution < 1.29 is 14.3 Å². The number of fused-ring (bicyclic) bond motifs is 1. The van der Waals surface area contributed by atoms with Gasteiger partial charge in [-0.05, 0) is 19.1 Å². The Balaban J connectivity index is 2.07. The van der Waals surface area contributed by atoms with Gasteiger partial charge in [0.25, 0.3) is 0 Å². The van der Waals surface area contributed by atoms with E-state index in [4.69, 9.17) is 4.74 Å². The summed E-state index contributed by atoms with van der Waals surface area (Å²) in [6, 6.07) is 7.17. The number of ether oxygens (including phenoxy) is 1. The fourth-order valence-corrected chi connectivity index (χ4v) is 1.60. The molecule has 0 spiro atoms. The molecule has 1 aromatic carbocycles. The molecular formula is C12H13N3O3. The molecule has 0 unspecified atom stereocenters. The Kier molecular flexibility index (Phi) is 3.66. The van der Waals surface area contributed by atoms with E-state index in [1.54, 1.807) is 25.1 Å². The highest BCUT2D eigenvalue weighted by Crippen LogP contribution is 2.10. The molecule has 0 atom stereocenters. The molecular weight excluding hydrogens is 234 g/mol. The summed E-state index contributed by atoms with van der Waals surface area (Å²) < 4.78 is 5.98. The number of hydrogen-bond donors (Lipinski definition) is 0. The maximum absolute atomic E-state index is 11.9. The smallest absolute Gasteiger partial charge is 0.306 e. The normalized spacial score (nSPS) is 10.5. The van der Waals surface area contributed by atoms with Gasteiger partial charge in [-0.3, -0.25) is 9.59 Å². The molecule has 0 amide bonds. The molecule has 0 saturated carbocycles. The number of para-hydroxylation sites is 1. The SMILES string of the molecule is CCOC(=O)CCC(=O)n1nnc2ccccc21. The van der Waals surface area contributed by atoms with Crippen LogP contribution in [0.25, 0.3) is 11.0 Å². The Morgan fingerprint density at radius 3 is 2.83 bits per heavy atom. The van der Waals surface area contributed by atoms with E-state index in [0.717, 1.165) is 0 Å². The Bertz CT molecular complexity index is 577. The zero-order valence-corrected chi connectivity index (χ0v) is 10.00. The molecule has 0 N–H and O–H groups in total. The first-order valence-electron chi connectivity index (χ1n) is 5.71. The number of hydrogen-bond acceptors (Lipinski definition) is 5. The molecule has 18 heavy (non-hydrogen) atoms. The van der Waals surface area contributed by atoms with Gasteiger partial charge < -0.3 is 4.74 Å².